The molecule has 0 fully saturated rings. The standard InChI is InChI=1S/C78H57N3/c1-3-50-18-16-22-59(44-50)80-71-30-14-12-24-61(71)67-46-54(34-40-73(67)80)56-36-42-75-69(48-56)70-49-57(55-35-41-74-68(47-55)62-25-13-15-31-72(62)81(74)60-23-17-19-51(4-2)45-60)37-43-76(70)79(75)58-38-32-53(33-39-58)78-65-28-10-8-26-63(65)77(52-20-6-5-7-21-52)64-27-9-11-29-66(64)78/h5-8,10-26,28-49H,3-4,9,27H2,1-2H3. The number of aryl methyl sites for hydroxylation is 2. The molecule has 3 heteroatoms. The van der Waals surface area contributed by atoms with E-state index in [1.54, 1.807) is 0 Å². The molecule has 0 N–H and O–H groups in total. The maximum Gasteiger partial charge on any atom is 0.0541 e. The van der Waals surface area contributed by atoms with Crippen molar-refractivity contribution in [2.45, 2.75) is 39.5 Å². The Labute approximate surface area is 471 Å². The van der Waals surface area contributed by atoms with E-state index >= 15 is 0 Å². The number of para-hydroxylation sites is 2. The average molecular weight is 1040 g/mol. The van der Waals surface area contributed by atoms with Gasteiger partial charge in [0.2, 0.25) is 0 Å². The quantitative estimate of drug-likeness (QED) is 0.137. The lowest BCUT2D eigenvalue weighted by atomic mass is 9.80. The van der Waals surface area contributed by atoms with Gasteiger partial charge in [0.05, 0.1) is 33.1 Å². The largest absolute Gasteiger partial charge is 0.309 e. The Balaban J connectivity index is 0.874. The summed E-state index contributed by atoms with van der Waals surface area (Å²) in [6, 6.07) is 93.5. The highest BCUT2D eigenvalue weighted by Gasteiger charge is 2.23. The molecule has 0 bridgehead atoms. The van der Waals surface area contributed by atoms with Gasteiger partial charge in [-0.25, -0.2) is 0 Å². The van der Waals surface area contributed by atoms with Gasteiger partial charge in [-0.2, -0.15) is 0 Å². The Morgan fingerprint density at radius 1 is 0.296 bits per heavy atom. The van der Waals surface area contributed by atoms with Crippen LogP contribution in [0.4, 0.5) is 0 Å². The van der Waals surface area contributed by atoms with E-state index in [0.717, 1.165) is 31.4 Å². The van der Waals surface area contributed by atoms with Crippen molar-refractivity contribution in [1.29, 1.82) is 0 Å². The van der Waals surface area contributed by atoms with Crippen molar-refractivity contribution in [3.8, 4) is 61.6 Å². The lowest BCUT2D eigenvalue weighted by Crippen LogP contribution is -2.02. The average Bonchev–Trinajstić information content (AvgIpc) is 4.26. The Morgan fingerprint density at radius 3 is 1.19 bits per heavy atom. The van der Waals surface area contributed by atoms with E-state index in [2.05, 4.69) is 288 Å². The van der Waals surface area contributed by atoms with E-state index in [0.29, 0.717) is 0 Å². The van der Waals surface area contributed by atoms with E-state index in [-0.39, 0.29) is 0 Å². The first kappa shape index (κ1) is 47.1. The molecule has 0 unspecified atom stereocenters. The first-order chi connectivity index (χ1) is 40.1. The van der Waals surface area contributed by atoms with E-state index in [4.69, 9.17) is 0 Å². The summed E-state index contributed by atoms with van der Waals surface area (Å²) >= 11 is 0. The Morgan fingerprint density at radius 2 is 0.691 bits per heavy atom. The minimum Gasteiger partial charge on any atom is -0.309 e. The molecule has 0 amide bonds. The SMILES string of the molecule is CCc1cccc(-n2c3ccccc3c3cc(-c4ccc5c(c4)c4cc(-c6ccc7c(c6)c6ccccc6n7-c6cccc(CC)c6)ccc4n5-c4ccc(-c5c6c(c(-c7ccccc7)c7ccccc57)CCC=C6)cc4)ccc32)c1. The number of benzene rings is 12. The van der Waals surface area contributed by atoms with Crippen molar-refractivity contribution < 1.29 is 0 Å². The second kappa shape index (κ2) is 18.9. The number of aromatic nitrogens is 3. The Kier molecular flexibility index (Phi) is 11.0. The van der Waals surface area contributed by atoms with Crippen molar-refractivity contribution in [3.05, 3.63) is 277 Å². The lowest BCUT2D eigenvalue weighted by molar-refractivity contribution is 0.991. The second-order valence-electron chi connectivity index (χ2n) is 22.1. The summed E-state index contributed by atoms with van der Waals surface area (Å²) in [5.74, 6) is 0. The fourth-order valence-corrected chi connectivity index (χ4v) is 13.8. The molecule has 0 saturated carbocycles. The van der Waals surface area contributed by atoms with Crippen molar-refractivity contribution in [1.82, 2.24) is 13.7 Å². The summed E-state index contributed by atoms with van der Waals surface area (Å²) < 4.78 is 7.35. The molecule has 0 radical (unpaired) electrons. The molecule has 16 rings (SSSR count). The summed E-state index contributed by atoms with van der Waals surface area (Å²) in [4.78, 5) is 0. The molecular weight excluding hydrogens is 979 g/mol. The minimum absolute atomic E-state index is 0.997. The van der Waals surface area contributed by atoms with Gasteiger partial charge in [0.25, 0.3) is 0 Å². The van der Waals surface area contributed by atoms with Crippen LogP contribution >= 0.6 is 0 Å². The predicted molar refractivity (Wildman–Crippen MR) is 345 cm³/mol. The van der Waals surface area contributed by atoms with Crippen LogP contribution in [-0.2, 0) is 19.3 Å². The smallest absolute Gasteiger partial charge is 0.0541 e. The molecule has 384 valence electrons. The summed E-state index contributed by atoms with van der Waals surface area (Å²) in [5.41, 5.74) is 26.2. The van der Waals surface area contributed by atoms with Crippen LogP contribution < -0.4 is 0 Å². The minimum atomic E-state index is 0.997. The van der Waals surface area contributed by atoms with Gasteiger partial charge in [-0.05, 0) is 200 Å². The van der Waals surface area contributed by atoms with E-state index in [9.17, 15) is 0 Å². The van der Waals surface area contributed by atoms with Gasteiger partial charge in [-0.1, -0.05) is 178 Å². The number of allylic oxidation sites excluding steroid dienone is 1. The molecule has 0 atom stereocenters. The van der Waals surface area contributed by atoms with E-state index in [1.165, 1.54) is 154 Å². The van der Waals surface area contributed by atoms with Crippen LogP contribution in [0.15, 0.2) is 255 Å². The maximum atomic E-state index is 2.48. The number of hydrogen-bond acceptors (Lipinski definition) is 0. The zero-order chi connectivity index (χ0) is 53.7. The molecule has 81 heavy (non-hydrogen) atoms. The van der Waals surface area contributed by atoms with Crippen LogP contribution in [0.5, 0.6) is 0 Å². The van der Waals surface area contributed by atoms with Gasteiger partial charge in [-0.15, -0.1) is 0 Å². The van der Waals surface area contributed by atoms with E-state index < -0.39 is 0 Å². The van der Waals surface area contributed by atoms with Gasteiger partial charge >= 0.3 is 0 Å². The van der Waals surface area contributed by atoms with Crippen LogP contribution in [0.2, 0.25) is 0 Å². The normalized spacial score (nSPS) is 12.5. The van der Waals surface area contributed by atoms with Crippen LogP contribution in [0.1, 0.15) is 42.5 Å². The third kappa shape index (κ3) is 7.49. The van der Waals surface area contributed by atoms with Crippen molar-refractivity contribution in [3.63, 3.8) is 0 Å². The monoisotopic (exact) mass is 1040 g/mol. The van der Waals surface area contributed by atoms with Crippen molar-refractivity contribution in [2.75, 3.05) is 0 Å². The van der Waals surface area contributed by atoms with Crippen LogP contribution in [-0.4, -0.2) is 13.7 Å². The molecule has 3 aromatic heterocycles. The van der Waals surface area contributed by atoms with Crippen LogP contribution in [0.25, 0.3) is 144 Å². The molecular formula is C78H57N3. The first-order valence-electron chi connectivity index (χ1n) is 28.8. The Bertz CT molecular complexity index is 4840. The Hall–Kier alpha value is -9.96. The van der Waals surface area contributed by atoms with Gasteiger partial charge in [0.15, 0.2) is 0 Å². The van der Waals surface area contributed by atoms with Gasteiger partial charge in [0.1, 0.15) is 0 Å². The van der Waals surface area contributed by atoms with Crippen molar-refractivity contribution in [2.24, 2.45) is 0 Å². The molecule has 1 aliphatic carbocycles. The summed E-state index contributed by atoms with van der Waals surface area (Å²) in [7, 11) is 0. The number of rotatable bonds is 9. The van der Waals surface area contributed by atoms with Gasteiger partial charge < -0.3 is 13.7 Å². The molecule has 1 aliphatic rings. The topological polar surface area (TPSA) is 14.8 Å². The van der Waals surface area contributed by atoms with Crippen molar-refractivity contribution >= 4 is 82.3 Å². The highest BCUT2D eigenvalue weighted by atomic mass is 15.0. The number of nitrogens with zero attached hydrogens (tertiary/aromatic N) is 3. The highest BCUT2D eigenvalue weighted by molar-refractivity contribution is 6.15. The van der Waals surface area contributed by atoms with E-state index in [1.807, 2.05) is 0 Å². The lowest BCUT2D eigenvalue weighted by Gasteiger charge is -2.24. The highest BCUT2D eigenvalue weighted by Crippen LogP contribution is 2.46. The molecule has 15 aromatic rings. The van der Waals surface area contributed by atoms with Crippen LogP contribution in [0, 0.1) is 0 Å². The predicted octanol–water partition coefficient (Wildman–Crippen LogP) is 20.9. The molecule has 12 aromatic carbocycles. The molecule has 3 heterocycles. The molecule has 0 saturated heterocycles. The van der Waals surface area contributed by atoms with Gasteiger partial charge in [-0.3, -0.25) is 0 Å². The molecule has 0 aliphatic heterocycles. The third-order valence-electron chi connectivity index (χ3n) is 17.6. The summed E-state index contributed by atoms with van der Waals surface area (Å²) in [5, 5.41) is 10.1. The summed E-state index contributed by atoms with van der Waals surface area (Å²) in [6.07, 6.45) is 8.79. The summed E-state index contributed by atoms with van der Waals surface area (Å²) in [6.45, 7) is 4.46. The molecule has 0 spiro atoms. The van der Waals surface area contributed by atoms with Crippen LogP contribution in [0.3, 0.4) is 0 Å². The maximum absolute atomic E-state index is 2.48. The zero-order valence-electron chi connectivity index (χ0n) is 45.5. The fraction of sp³-hybridized carbons (Fsp3) is 0.0769. The molecule has 3 nitrogen and oxygen atoms in total. The second-order valence-corrected chi connectivity index (χ2v) is 22.1. The number of hydrogen-bond donors (Lipinski definition) is 0. The zero-order valence-corrected chi connectivity index (χ0v) is 45.5. The van der Waals surface area contributed by atoms with Gasteiger partial charge in [0, 0.05) is 49.4 Å². The number of fused-ring (bicyclic) bond motifs is 11. The fourth-order valence-electron chi connectivity index (χ4n) is 13.8. The third-order valence-corrected chi connectivity index (χ3v) is 17.6. The first-order valence-corrected chi connectivity index (χ1v) is 28.8.